The lowest BCUT2D eigenvalue weighted by molar-refractivity contribution is -0.384. The van der Waals surface area contributed by atoms with E-state index < -0.39 is 4.92 Å². The Morgan fingerprint density at radius 2 is 2.06 bits per heavy atom. The minimum atomic E-state index is -0.519. The number of nitrogens with two attached hydrogens (primary N) is 1. The standard InChI is InChI=1S/C12H18N4O2/c1-8-2-4-9(5-3-8)14-11-7-6-10(16(17)18)12(13)15-11/h6-9H,2-5H2,1H3,(H3,13,14,15). The minimum absolute atomic E-state index is 0.0332. The van der Waals surface area contributed by atoms with Gasteiger partial charge < -0.3 is 11.1 Å². The van der Waals surface area contributed by atoms with Gasteiger partial charge in [-0.1, -0.05) is 6.92 Å². The molecule has 1 saturated carbocycles. The van der Waals surface area contributed by atoms with Crippen molar-refractivity contribution >= 4 is 17.3 Å². The molecule has 0 radical (unpaired) electrons. The Balaban J connectivity index is 2.02. The van der Waals surface area contributed by atoms with Crippen LogP contribution in [0.1, 0.15) is 32.6 Å². The van der Waals surface area contributed by atoms with Crippen molar-refractivity contribution in [1.82, 2.24) is 4.98 Å². The second-order valence-corrected chi connectivity index (χ2v) is 4.96. The molecule has 0 aromatic carbocycles. The Labute approximate surface area is 106 Å². The number of hydrogen-bond donors (Lipinski definition) is 2. The van der Waals surface area contributed by atoms with Gasteiger partial charge in [0.2, 0.25) is 5.82 Å². The van der Waals surface area contributed by atoms with Gasteiger partial charge in [-0.3, -0.25) is 10.1 Å². The SMILES string of the molecule is CC1CCC(Nc2ccc([N+](=O)[O-])c(N)n2)CC1. The Kier molecular flexibility index (Phi) is 3.64. The summed E-state index contributed by atoms with van der Waals surface area (Å²) in [4.78, 5) is 14.1. The summed E-state index contributed by atoms with van der Waals surface area (Å²) in [6.07, 6.45) is 4.64. The third-order valence-corrected chi connectivity index (χ3v) is 3.47. The summed E-state index contributed by atoms with van der Waals surface area (Å²) >= 11 is 0. The Hall–Kier alpha value is -1.85. The zero-order chi connectivity index (χ0) is 13.1. The molecule has 0 amide bonds. The van der Waals surface area contributed by atoms with E-state index in [-0.39, 0.29) is 11.5 Å². The molecule has 0 aliphatic heterocycles. The highest BCUT2D eigenvalue weighted by Crippen LogP contribution is 2.27. The van der Waals surface area contributed by atoms with Crippen LogP contribution in [0.4, 0.5) is 17.3 Å². The molecule has 1 fully saturated rings. The van der Waals surface area contributed by atoms with Crippen LogP contribution < -0.4 is 11.1 Å². The molecular weight excluding hydrogens is 232 g/mol. The molecule has 6 nitrogen and oxygen atoms in total. The molecule has 3 N–H and O–H groups in total. The highest BCUT2D eigenvalue weighted by atomic mass is 16.6. The molecule has 0 unspecified atom stereocenters. The number of nitro groups is 1. The first-order valence-corrected chi connectivity index (χ1v) is 6.23. The van der Waals surface area contributed by atoms with Gasteiger partial charge in [0.25, 0.3) is 0 Å². The fourth-order valence-electron chi connectivity index (χ4n) is 2.32. The Bertz CT molecular complexity index is 442. The lowest BCUT2D eigenvalue weighted by Crippen LogP contribution is -2.25. The first kappa shape index (κ1) is 12.6. The van der Waals surface area contributed by atoms with E-state index in [1.54, 1.807) is 6.07 Å². The van der Waals surface area contributed by atoms with E-state index in [0.29, 0.717) is 11.9 Å². The largest absolute Gasteiger partial charge is 0.378 e. The van der Waals surface area contributed by atoms with E-state index in [4.69, 9.17) is 5.73 Å². The molecule has 0 spiro atoms. The lowest BCUT2D eigenvalue weighted by Gasteiger charge is -2.27. The van der Waals surface area contributed by atoms with Crippen LogP contribution in [0.3, 0.4) is 0 Å². The van der Waals surface area contributed by atoms with Gasteiger partial charge in [0.05, 0.1) is 4.92 Å². The Morgan fingerprint density at radius 3 is 2.61 bits per heavy atom. The highest BCUT2D eigenvalue weighted by Gasteiger charge is 2.19. The topological polar surface area (TPSA) is 94.1 Å². The van der Waals surface area contributed by atoms with Gasteiger partial charge in [0, 0.05) is 12.1 Å². The number of pyridine rings is 1. The van der Waals surface area contributed by atoms with Crippen LogP contribution in [0.2, 0.25) is 0 Å². The van der Waals surface area contributed by atoms with Crippen molar-refractivity contribution in [1.29, 1.82) is 0 Å². The predicted molar refractivity (Wildman–Crippen MR) is 70.3 cm³/mol. The maximum absolute atomic E-state index is 10.6. The zero-order valence-corrected chi connectivity index (χ0v) is 10.4. The first-order valence-electron chi connectivity index (χ1n) is 6.23. The van der Waals surface area contributed by atoms with Crippen molar-refractivity contribution in [3.8, 4) is 0 Å². The van der Waals surface area contributed by atoms with Gasteiger partial charge in [-0.15, -0.1) is 0 Å². The first-order chi connectivity index (χ1) is 8.56. The van der Waals surface area contributed by atoms with Crippen LogP contribution in [0.5, 0.6) is 0 Å². The van der Waals surface area contributed by atoms with E-state index in [9.17, 15) is 10.1 Å². The van der Waals surface area contributed by atoms with E-state index in [0.717, 1.165) is 18.8 Å². The fraction of sp³-hybridized carbons (Fsp3) is 0.583. The minimum Gasteiger partial charge on any atom is -0.378 e. The molecular formula is C12H18N4O2. The summed E-state index contributed by atoms with van der Waals surface area (Å²) < 4.78 is 0. The quantitative estimate of drug-likeness (QED) is 0.635. The van der Waals surface area contributed by atoms with Crippen molar-refractivity contribution in [2.24, 2.45) is 5.92 Å². The van der Waals surface area contributed by atoms with Gasteiger partial charge in [-0.05, 0) is 37.7 Å². The third kappa shape index (κ3) is 2.88. The molecule has 1 aromatic rings. The summed E-state index contributed by atoms with van der Waals surface area (Å²) in [6, 6.07) is 3.41. The van der Waals surface area contributed by atoms with Crippen molar-refractivity contribution in [2.75, 3.05) is 11.1 Å². The molecule has 0 bridgehead atoms. The maximum atomic E-state index is 10.6. The molecule has 0 atom stereocenters. The molecule has 1 aromatic heterocycles. The summed E-state index contributed by atoms with van der Waals surface area (Å²) in [5.41, 5.74) is 5.42. The molecule has 2 rings (SSSR count). The average molecular weight is 250 g/mol. The van der Waals surface area contributed by atoms with Gasteiger partial charge in [0.1, 0.15) is 5.82 Å². The van der Waals surface area contributed by atoms with Crippen molar-refractivity contribution in [2.45, 2.75) is 38.6 Å². The summed E-state index contributed by atoms with van der Waals surface area (Å²) in [5.74, 6) is 1.38. The van der Waals surface area contributed by atoms with Gasteiger partial charge in [-0.2, -0.15) is 0 Å². The van der Waals surface area contributed by atoms with E-state index in [2.05, 4.69) is 17.2 Å². The molecule has 18 heavy (non-hydrogen) atoms. The zero-order valence-electron chi connectivity index (χ0n) is 10.4. The van der Waals surface area contributed by atoms with Crippen LogP contribution in [0, 0.1) is 16.0 Å². The van der Waals surface area contributed by atoms with E-state index in [1.807, 2.05) is 0 Å². The molecule has 98 valence electrons. The monoisotopic (exact) mass is 250 g/mol. The van der Waals surface area contributed by atoms with Gasteiger partial charge in [-0.25, -0.2) is 4.98 Å². The van der Waals surface area contributed by atoms with Gasteiger partial charge in [0.15, 0.2) is 0 Å². The normalized spacial score (nSPS) is 23.6. The number of aromatic nitrogens is 1. The fourth-order valence-corrected chi connectivity index (χ4v) is 2.32. The van der Waals surface area contributed by atoms with Crippen LogP contribution in [-0.4, -0.2) is 15.9 Å². The van der Waals surface area contributed by atoms with E-state index in [1.165, 1.54) is 18.9 Å². The van der Waals surface area contributed by atoms with Crippen LogP contribution >= 0.6 is 0 Å². The van der Waals surface area contributed by atoms with Crippen LogP contribution in [0.15, 0.2) is 12.1 Å². The second kappa shape index (κ2) is 5.20. The van der Waals surface area contributed by atoms with Crippen LogP contribution in [-0.2, 0) is 0 Å². The third-order valence-electron chi connectivity index (χ3n) is 3.47. The summed E-state index contributed by atoms with van der Waals surface area (Å²) in [7, 11) is 0. The van der Waals surface area contributed by atoms with Crippen molar-refractivity contribution < 1.29 is 4.92 Å². The predicted octanol–water partition coefficient (Wildman–Crippen LogP) is 2.56. The lowest BCUT2D eigenvalue weighted by atomic mass is 9.87. The van der Waals surface area contributed by atoms with Crippen molar-refractivity contribution in [3.63, 3.8) is 0 Å². The second-order valence-electron chi connectivity index (χ2n) is 4.96. The number of nitrogen functional groups attached to an aromatic ring is 1. The highest BCUT2D eigenvalue weighted by molar-refractivity contribution is 5.57. The number of hydrogen-bond acceptors (Lipinski definition) is 5. The Morgan fingerprint density at radius 1 is 1.39 bits per heavy atom. The average Bonchev–Trinajstić information content (AvgIpc) is 2.32. The smallest absolute Gasteiger partial charge is 0.311 e. The number of nitrogens with zero attached hydrogens (tertiary/aromatic N) is 2. The molecule has 6 heteroatoms. The summed E-state index contributed by atoms with van der Waals surface area (Å²) in [5, 5.41) is 13.9. The maximum Gasteiger partial charge on any atom is 0.311 e. The molecule has 1 aliphatic rings. The van der Waals surface area contributed by atoms with Crippen LogP contribution in [0.25, 0.3) is 0 Å². The van der Waals surface area contributed by atoms with E-state index >= 15 is 0 Å². The van der Waals surface area contributed by atoms with Crippen molar-refractivity contribution in [3.05, 3.63) is 22.2 Å². The molecule has 1 aliphatic carbocycles. The number of anilines is 2. The summed E-state index contributed by atoms with van der Waals surface area (Å²) in [6.45, 7) is 2.26. The van der Waals surface area contributed by atoms with Gasteiger partial charge >= 0.3 is 5.69 Å². The number of rotatable bonds is 3. The molecule has 1 heterocycles. The molecule has 0 saturated heterocycles. The number of nitrogens with one attached hydrogen (secondary N) is 1.